The number of nitrogens with one attached hydrogen (secondary N) is 1. The van der Waals surface area contributed by atoms with Crippen LogP contribution in [0.3, 0.4) is 0 Å². The van der Waals surface area contributed by atoms with Gasteiger partial charge in [0.05, 0.1) is 44.1 Å². The third kappa shape index (κ3) is 14.6. The van der Waals surface area contributed by atoms with Crippen LogP contribution in [0.1, 0.15) is 57.4 Å². The molecule has 0 spiro atoms. The summed E-state index contributed by atoms with van der Waals surface area (Å²) in [5.41, 5.74) is 40.4. The van der Waals surface area contributed by atoms with Gasteiger partial charge in [0.1, 0.15) is 0 Å². The molecule has 8 heteroatoms. The van der Waals surface area contributed by atoms with Crippen molar-refractivity contribution in [3.05, 3.63) is 500 Å². The maximum absolute atomic E-state index is 3.58. The standard InChI is InChI=1S/C63H45N3.C36H23BrN2.C27H23N.CH4.FH/c1-63(2)57-24-14-12-22-51(57)52-36-35-50(39-58(52)63)64(48-31-26-43(27-32-48)42-16-6-3-7-17-42)49-33-28-44(29-34-49)45-30-37-60-54(38-45)56-41-61-55(40-62(56)66(60)47-20-10-5-11-21-47)53-23-13-15-25-59(53)65(61)46-18-8-4-9-19-46;37-26-18-15-24(16-19-26)25-17-20-34-30(21-25)32-23-35-31(22-36(32)39(34)28-11-5-2-6-12-28)29-13-7-8-14-33(29)38(35)27-9-3-1-4-10-27;1-27(2)25-11-7-6-10-23(25)24-17-16-22(18-26(24)27)28-21-14-12-20(13-15-21)19-8-4-3-5-9-19;;/h3-41H,1-2H3;1-23H;3-18,28H,1-2H3;1H4;1H. The molecule has 648 valence electrons. The Morgan fingerprint density at radius 1 is 0.207 bits per heavy atom. The molecule has 24 aromatic rings. The van der Waals surface area contributed by atoms with Gasteiger partial charge < -0.3 is 28.5 Å². The first-order valence-corrected chi connectivity index (χ1v) is 46.7. The Morgan fingerprint density at radius 3 is 0.889 bits per heavy atom. The Morgan fingerprint density at radius 2 is 0.481 bits per heavy atom. The Labute approximate surface area is 794 Å². The summed E-state index contributed by atoms with van der Waals surface area (Å²) in [6.45, 7) is 9.34. The summed E-state index contributed by atoms with van der Waals surface area (Å²) in [5.74, 6) is 0. The first-order valence-electron chi connectivity index (χ1n) is 45.9. The first kappa shape index (κ1) is 84.2. The molecule has 0 atom stereocenters. The topological polar surface area (TPSA) is 35.0 Å². The van der Waals surface area contributed by atoms with E-state index < -0.39 is 0 Å². The molecular formula is C127H96BrFN6. The molecule has 0 fully saturated rings. The molecular weight excluding hydrogens is 1710 g/mol. The van der Waals surface area contributed by atoms with Crippen LogP contribution < -0.4 is 10.2 Å². The molecule has 135 heavy (non-hydrogen) atoms. The average molecular weight is 1810 g/mol. The minimum atomic E-state index is -0.110. The highest BCUT2D eigenvalue weighted by Gasteiger charge is 2.38. The van der Waals surface area contributed by atoms with Gasteiger partial charge in [0.25, 0.3) is 0 Å². The van der Waals surface area contributed by atoms with Gasteiger partial charge in [-0.25, -0.2) is 0 Å². The van der Waals surface area contributed by atoms with Crippen molar-refractivity contribution in [2.45, 2.75) is 46.0 Å². The summed E-state index contributed by atoms with van der Waals surface area (Å²) in [4.78, 5) is 2.41. The predicted molar refractivity (Wildman–Crippen MR) is 575 cm³/mol. The van der Waals surface area contributed by atoms with E-state index in [1.54, 1.807) is 0 Å². The summed E-state index contributed by atoms with van der Waals surface area (Å²) >= 11 is 3.58. The predicted octanol–water partition coefficient (Wildman–Crippen LogP) is 35.5. The Hall–Kier alpha value is -16.4. The lowest BCUT2D eigenvalue weighted by atomic mass is 9.82. The number of aromatic nitrogens is 4. The van der Waals surface area contributed by atoms with E-state index >= 15 is 0 Å². The van der Waals surface area contributed by atoms with Crippen LogP contribution in [0.15, 0.2) is 478 Å². The van der Waals surface area contributed by atoms with E-state index in [9.17, 15) is 0 Å². The molecule has 0 saturated heterocycles. The lowest BCUT2D eigenvalue weighted by Crippen LogP contribution is -2.16. The summed E-state index contributed by atoms with van der Waals surface area (Å²) < 4.78 is 10.7. The fourth-order valence-electron chi connectivity index (χ4n) is 21.2. The summed E-state index contributed by atoms with van der Waals surface area (Å²) in [6.07, 6.45) is 0. The highest BCUT2D eigenvalue weighted by Crippen LogP contribution is 2.53. The second-order valence-electron chi connectivity index (χ2n) is 36.2. The van der Waals surface area contributed by atoms with Gasteiger partial charge >= 0.3 is 0 Å². The molecule has 6 nitrogen and oxygen atoms in total. The molecule has 2 aliphatic carbocycles. The molecule has 1 N–H and O–H groups in total. The third-order valence-corrected chi connectivity index (χ3v) is 28.3. The van der Waals surface area contributed by atoms with Crippen LogP contribution in [0.25, 0.3) is 177 Å². The molecule has 26 rings (SSSR count). The maximum atomic E-state index is 3.58. The van der Waals surface area contributed by atoms with Crippen molar-refractivity contribution >= 4 is 132 Å². The zero-order valence-electron chi connectivity index (χ0n) is 74.6. The number of para-hydroxylation sites is 6. The molecule has 0 amide bonds. The third-order valence-electron chi connectivity index (χ3n) is 27.7. The number of rotatable bonds is 13. The molecule has 0 radical (unpaired) electrons. The molecule has 0 aliphatic heterocycles. The number of hydrogen-bond donors (Lipinski definition) is 1. The number of benzene rings is 20. The molecule has 0 unspecified atom stereocenters. The Balaban J connectivity index is 0.000000129. The van der Waals surface area contributed by atoms with Gasteiger partial charge in [-0.15, -0.1) is 0 Å². The largest absolute Gasteiger partial charge is 0.356 e. The molecule has 4 heterocycles. The quantitative estimate of drug-likeness (QED) is 0.125. The van der Waals surface area contributed by atoms with E-state index in [-0.39, 0.29) is 23.0 Å². The van der Waals surface area contributed by atoms with Gasteiger partial charge in [-0.2, -0.15) is 0 Å². The highest BCUT2D eigenvalue weighted by atomic mass is 79.9. The van der Waals surface area contributed by atoms with Crippen LogP contribution in [0, 0.1) is 0 Å². The lowest BCUT2D eigenvalue weighted by molar-refractivity contribution is 0.660. The molecule has 20 aromatic carbocycles. The van der Waals surface area contributed by atoms with Gasteiger partial charge in [-0.3, -0.25) is 4.70 Å². The normalized spacial score (nSPS) is 12.5. The highest BCUT2D eigenvalue weighted by molar-refractivity contribution is 9.10. The second kappa shape index (κ2) is 34.4. The number of nitrogens with zero attached hydrogens (tertiary/aromatic N) is 5. The summed E-state index contributed by atoms with van der Waals surface area (Å²) in [6, 6.07) is 172. The number of anilines is 5. The van der Waals surface area contributed by atoms with Gasteiger partial charge in [0.2, 0.25) is 0 Å². The van der Waals surface area contributed by atoms with Crippen LogP contribution in [0.5, 0.6) is 0 Å². The fourth-order valence-corrected chi connectivity index (χ4v) is 21.5. The number of hydrogen-bond acceptors (Lipinski definition) is 2. The van der Waals surface area contributed by atoms with Crippen molar-refractivity contribution < 1.29 is 4.70 Å². The van der Waals surface area contributed by atoms with Crippen molar-refractivity contribution in [1.29, 1.82) is 0 Å². The molecule has 0 bridgehead atoms. The van der Waals surface area contributed by atoms with Crippen LogP contribution in [-0.2, 0) is 10.8 Å². The smallest absolute Gasteiger partial charge is 0.0548 e. The van der Waals surface area contributed by atoms with Crippen LogP contribution >= 0.6 is 15.9 Å². The van der Waals surface area contributed by atoms with Crippen LogP contribution in [-0.4, -0.2) is 18.3 Å². The lowest BCUT2D eigenvalue weighted by Gasteiger charge is -2.28. The summed E-state index contributed by atoms with van der Waals surface area (Å²) in [7, 11) is 0. The minimum Gasteiger partial charge on any atom is -0.356 e. The average Bonchev–Trinajstić information content (AvgIpc) is 1.57. The van der Waals surface area contributed by atoms with Gasteiger partial charge in [-0.1, -0.05) is 342 Å². The molecule has 4 aromatic heterocycles. The van der Waals surface area contributed by atoms with Crippen LogP contribution in [0.2, 0.25) is 0 Å². The second-order valence-corrected chi connectivity index (χ2v) is 37.1. The Bertz CT molecular complexity index is 8600. The van der Waals surface area contributed by atoms with E-state index in [2.05, 4.69) is 539 Å². The minimum absolute atomic E-state index is 0. The Kier molecular flexibility index (Phi) is 21.4. The van der Waals surface area contributed by atoms with Gasteiger partial charge in [0.15, 0.2) is 0 Å². The molecule has 0 saturated carbocycles. The van der Waals surface area contributed by atoms with Gasteiger partial charge in [-0.05, 0) is 271 Å². The zero-order valence-corrected chi connectivity index (χ0v) is 76.1. The van der Waals surface area contributed by atoms with Crippen molar-refractivity contribution in [3.8, 4) is 89.5 Å². The fraction of sp³-hybridized carbons (Fsp3) is 0.0551. The van der Waals surface area contributed by atoms with Crippen LogP contribution in [0.4, 0.5) is 33.1 Å². The van der Waals surface area contributed by atoms with Crippen molar-refractivity contribution in [1.82, 2.24) is 18.3 Å². The maximum Gasteiger partial charge on any atom is 0.0548 e. The molecule has 2 aliphatic rings. The van der Waals surface area contributed by atoms with Crippen molar-refractivity contribution in [2.75, 3.05) is 10.2 Å². The van der Waals surface area contributed by atoms with Gasteiger partial charge in [0, 0.05) is 110 Å². The zero-order chi connectivity index (χ0) is 89.0. The number of halogens is 2. The van der Waals surface area contributed by atoms with E-state index in [4.69, 9.17) is 0 Å². The van der Waals surface area contributed by atoms with E-state index in [1.165, 1.54) is 188 Å². The number of fused-ring (bicyclic) bond motifs is 18. The SMILES string of the molecule is Brc1ccc(-c2ccc3c(c2)c2cc4c(cc2n3-c2ccccc2)c2ccccc2n4-c2ccccc2)cc1.C.CC1(C)c2ccccc2-c2ccc(N(c3ccc(-c4ccccc4)cc3)c3ccc(-c4ccc5c(c4)c4cc6c(cc4n5-c4ccccc4)c4ccccc4n6-c4ccccc4)cc3)cc21.CC1(C)c2ccccc2-c2ccc(Nc3ccc(-c4ccccc4)cc3)cc21.F. The van der Waals surface area contributed by atoms with E-state index in [0.717, 1.165) is 44.3 Å². The monoisotopic (exact) mass is 1800 g/mol. The van der Waals surface area contributed by atoms with Crippen molar-refractivity contribution in [3.63, 3.8) is 0 Å². The van der Waals surface area contributed by atoms with E-state index in [1.807, 2.05) is 6.07 Å². The van der Waals surface area contributed by atoms with E-state index in [0.29, 0.717) is 0 Å². The first-order chi connectivity index (χ1) is 65.4. The van der Waals surface area contributed by atoms with Crippen molar-refractivity contribution in [2.24, 2.45) is 0 Å². The summed E-state index contributed by atoms with van der Waals surface area (Å²) in [5, 5.41) is 13.5.